The van der Waals surface area contributed by atoms with Crippen LogP contribution < -0.4 is 0 Å². The fraction of sp³-hybridized carbons (Fsp3) is 0.308. The van der Waals surface area contributed by atoms with Crippen molar-refractivity contribution in [3.05, 3.63) is 48.0 Å². The average Bonchev–Trinajstić information content (AvgIpc) is 2.29. The summed E-state index contributed by atoms with van der Waals surface area (Å²) in [5.41, 5.74) is 1.30. The van der Waals surface area contributed by atoms with Crippen LogP contribution in [0, 0.1) is 0 Å². The summed E-state index contributed by atoms with van der Waals surface area (Å²) in [6.45, 7) is 1.01. The third-order valence-corrected chi connectivity index (χ3v) is 2.07. The van der Waals surface area contributed by atoms with Crippen LogP contribution in [0.2, 0.25) is 0 Å². The first kappa shape index (κ1) is 12.5. The van der Waals surface area contributed by atoms with E-state index in [1.165, 1.54) is 11.6 Å². The number of aliphatic carboxylic acids is 1. The summed E-state index contributed by atoms with van der Waals surface area (Å²) in [5, 5.41) is 8.32. The lowest BCUT2D eigenvalue weighted by Crippen LogP contribution is -1.97. The maximum Gasteiger partial charge on any atom is 0.328 e. The quantitative estimate of drug-likeness (QED) is 0.566. The molecule has 0 spiro atoms. The van der Waals surface area contributed by atoms with Crippen LogP contribution in [0.15, 0.2) is 42.5 Å². The molecule has 0 atom stereocenters. The molecule has 3 nitrogen and oxygen atoms in total. The summed E-state index contributed by atoms with van der Waals surface area (Å²) in [5.74, 6) is -0.937. The minimum absolute atomic E-state index is 0.362. The molecule has 0 aliphatic rings. The Kier molecular flexibility index (Phi) is 5.96. The van der Waals surface area contributed by atoms with Gasteiger partial charge in [-0.2, -0.15) is 0 Å². The van der Waals surface area contributed by atoms with Crippen molar-refractivity contribution in [2.24, 2.45) is 0 Å². The van der Waals surface area contributed by atoms with Crippen LogP contribution in [-0.4, -0.2) is 24.3 Å². The molecule has 86 valence electrons. The van der Waals surface area contributed by atoms with E-state index in [4.69, 9.17) is 9.84 Å². The van der Waals surface area contributed by atoms with Crippen molar-refractivity contribution >= 4 is 5.97 Å². The fourth-order valence-electron chi connectivity index (χ4n) is 1.32. The minimum Gasteiger partial charge on any atom is -0.478 e. The number of hydrogen-bond acceptors (Lipinski definition) is 2. The van der Waals surface area contributed by atoms with Gasteiger partial charge in [-0.1, -0.05) is 36.4 Å². The number of aryl methyl sites for hydroxylation is 1. The molecular weight excluding hydrogens is 204 g/mol. The Morgan fingerprint density at radius 3 is 2.75 bits per heavy atom. The first-order valence-corrected chi connectivity index (χ1v) is 5.30. The maximum atomic E-state index is 10.1. The van der Waals surface area contributed by atoms with Gasteiger partial charge in [0.15, 0.2) is 0 Å². The molecular formula is C13H16O3. The number of rotatable bonds is 7. The number of carbonyl (C=O) groups is 1. The van der Waals surface area contributed by atoms with Crippen molar-refractivity contribution in [2.45, 2.75) is 12.8 Å². The number of carboxylic acids is 1. The van der Waals surface area contributed by atoms with Crippen LogP contribution in [-0.2, 0) is 16.0 Å². The van der Waals surface area contributed by atoms with Gasteiger partial charge < -0.3 is 9.84 Å². The van der Waals surface area contributed by atoms with E-state index in [-0.39, 0.29) is 0 Å². The standard InChI is InChI=1S/C13H16O3/c14-13(15)9-5-11-16-10-4-8-12-6-2-1-3-7-12/h1-3,5-7,9H,4,8,10-11H2,(H,14,15). The molecule has 0 saturated heterocycles. The predicted octanol–water partition coefficient (Wildman–Crippen LogP) is 2.28. The van der Waals surface area contributed by atoms with Gasteiger partial charge >= 0.3 is 5.97 Å². The van der Waals surface area contributed by atoms with Gasteiger partial charge in [0.05, 0.1) is 6.61 Å². The summed E-state index contributed by atoms with van der Waals surface area (Å²) in [7, 11) is 0. The van der Waals surface area contributed by atoms with E-state index >= 15 is 0 Å². The van der Waals surface area contributed by atoms with E-state index in [2.05, 4.69) is 12.1 Å². The highest BCUT2D eigenvalue weighted by Gasteiger charge is 1.91. The van der Waals surface area contributed by atoms with E-state index in [0.29, 0.717) is 13.2 Å². The molecule has 0 heterocycles. The van der Waals surface area contributed by atoms with Crippen molar-refractivity contribution in [3.63, 3.8) is 0 Å². The monoisotopic (exact) mass is 220 g/mol. The van der Waals surface area contributed by atoms with Crippen LogP contribution in [0.4, 0.5) is 0 Å². The van der Waals surface area contributed by atoms with E-state index in [9.17, 15) is 4.79 Å². The van der Waals surface area contributed by atoms with E-state index in [1.807, 2.05) is 18.2 Å². The van der Waals surface area contributed by atoms with Gasteiger partial charge in [-0.15, -0.1) is 0 Å². The number of hydrogen-bond donors (Lipinski definition) is 1. The second kappa shape index (κ2) is 7.65. The highest BCUT2D eigenvalue weighted by atomic mass is 16.5. The molecule has 0 aliphatic carbocycles. The van der Waals surface area contributed by atoms with Gasteiger partial charge in [0.2, 0.25) is 0 Å². The molecule has 0 radical (unpaired) electrons. The lowest BCUT2D eigenvalue weighted by atomic mass is 10.1. The summed E-state index contributed by atoms with van der Waals surface area (Å²) in [6, 6.07) is 10.2. The molecule has 1 rings (SSSR count). The highest BCUT2D eigenvalue weighted by molar-refractivity contribution is 5.79. The number of carboxylic acid groups (broad SMARTS) is 1. The Bertz CT molecular complexity index is 330. The van der Waals surface area contributed by atoms with Gasteiger partial charge in [0, 0.05) is 12.7 Å². The molecule has 0 amide bonds. The Hall–Kier alpha value is -1.61. The number of ether oxygens (including phenoxy) is 1. The Labute approximate surface area is 95.4 Å². The zero-order chi connectivity index (χ0) is 11.6. The Morgan fingerprint density at radius 2 is 2.06 bits per heavy atom. The largest absolute Gasteiger partial charge is 0.478 e. The Balaban J connectivity index is 2.02. The van der Waals surface area contributed by atoms with Crippen molar-refractivity contribution in [1.82, 2.24) is 0 Å². The maximum absolute atomic E-state index is 10.1. The fourth-order valence-corrected chi connectivity index (χ4v) is 1.32. The van der Waals surface area contributed by atoms with E-state index in [0.717, 1.165) is 18.9 Å². The first-order valence-electron chi connectivity index (χ1n) is 5.30. The third-order valence-electron chi connectivity index (χ3n) is 2.07. The molecule has 0 unspecified atom stereocenters. The molecule has 1 N–H and O–H groups in total. The average molecular weight is 220 g/mol. The zero-order valence-electron chi connectivity index (χ0n) is 9.13. The second-order valence-electron chi connectivity index (χ2n) is 3.40. The number of benzene rings is 1. The van der Waals surface area contributed by atoms with Crippen LogP contribution in [0.5, 0.6) is 0 Å². The van der Waals surface area contributed by atoms with Crippen molar-refractivity contribution in [1.29, 1.82) is 0 Å². The molecule has 0 aromatic heterocycles. The molecule has 1 aromatic carbocycles. The van der Waals surface area contributed by atoms with Gasteiger partial charge in [0.1, 0.15) is 0 Å². The highest BCUT2D eigenvalue weighted by Crippen LogP contribution is 2.02. The minimum atomic E-state index is -0.937. The summed E-state index contributed by atoms with van der Waals surface area (Å²) >= 11 is 0. The molecule has 16 heavy (non-hydrogen) atoms. The van der Waals surface area contributed by atoms with Gasteiger partial charge in [-0.3, -0.25) is 0 Å². The predicted molar refractivity (Wildman–Crippen MR) is 62.4 cm³/mol. The summed E-state index contributed by atoms with van der Waals surface area (Å²) < 4.78 is 5.26. The molecule has 1 aromatic rings. The van der Waals surface area contributed by atoms with Crippen LogP contribution in [0.3, 0.4) is 0 Å². The van der Waals surface area contributed by atoms with Gasteiger partial charge in [-0.05, 0) is 18.4 Å². The SMILES string of the molecule is O=C(O)C=CCOCCCc1ccccc1. The van der Waals surface area contributed by atoms with Gasteiger partial charge in [-0.25, -0.2) is 4.79 Å². The van der Waals surface area contributed by atoms with Crippen LogP contribution in [0.1, 0.15) is 12.0 Å². The lowest BCUT2D eigenvalue weighted by molar-refractivity contribution is -0.131. The molecule has 3 heteroatoms. The molecule has 0 saturated carbocycles. The third kappa shape index (κ3) is 5.98. The summed E-state index contributed by atoms with van der Waals surface area (Å²) in [4.78, 5) is 10.1. The molecule has 0 fully saturated rings. The lowest BCUT2D eigenvalue weighted by Gasteiger charge is -2.01. The molecule has 0 aliphatic heterocycles. The van der Waals surface area contributed by atoms with Gasteiger partial charge in [0.25, 0.3) is 0 Å². The zero-order valence-corrected chi connectivity index (χ0v) is 9.13. The van der Waals surface area contributed by atoms with Crippen molar-refractivity contribution < 1.29 is 14.6 Å². The second-order valence-corrected chi connectivity index (χ2v) is 3.40. The normalized spacial score (nSPS) is 10.8. The topological polar surface area (TPSA) is 46.5 Å². The summed E-state index contributed by atoms with van der Waals surface area (Å²) in [6.07, 6.45) is 4.54. The van der Waals surface area contributed by atoms with Crippen molar-refractivity contribution in [3.8, 4) is 0 Å². The van der Waals surface area contributed by atoms with Crippen molar-refractivity contribution in [2.75, 3.05) is 13.2 Å². The smallest absolute Gasteiger partial charge is 0.328 e. The van der Waals surface area contributed by atoms with Crippen LogP contribution in [0.25, 0.3) is 0 Å². The Morgan fingerprint density at radius 1 is 1.31 bits per heavy atom. The van der Waals surface area contributed by atoms with E-state index < -0.39 is 5.97 Å². The van der Waals surface area contributed by atoms with E-state index in [1.54, 1.807) is 0 Å². The molecule has 0 bridgehead atoms. The van der Waals surface area contributed by atoms with Crippen LogP contribution >= 0.6 is 0 Å². The first-order chi connectivity index (χ1) is 7.79.